The minimum Gasteiger partial charge on any atom is -0.378 e. The van der Waals surface area contributed by atoms with Gasteiger partial charge in [-0.05, 0) is 26.3 Å². The second kappa shape index (κ2) is 5.99. The Morgan fingerprint density at radius 2 is 1.94 bits per heavy atom. The lowest BCUT2D eigenvalue weighted by Gasteiger charge is -2.05. The molecule has 96 valence electrons. The van der Waals surface area contributed by atoms with Crippen LogP contribution in [-0.2, 0) is 0 Å². The van der Waals surface area contributed by atoms with Crippen molar-refractivity contribution < 1.29 is 5.11 Å². The molecule has 3 heteroatoms. The first-order chi connectivity index (χ1) is 8.47. The SMILES string of the molecule is CC.Cc1cncc2scc(C#CC(C)(C)O)c12. The van der Waals surface area contributed by atoms with Crippen LogP contribution in [0.5, 0.6) is 0 Å². The van der Waals surface area contributed by atoms with Crippen molar-refractivity contribution in [3.05, 3.63) is 28.9 Å². The molecule has 0 saturated heterocycles. The topological polar surface area (TPSA) is 33.1 Å². The first-order valence-corrected chi connectivity index (χ1v) is 6.93. The number of thiophene rings is 1. The van der Waals surface area contributed by atoms with E-state index in [0.717, 1.165) is 21.2 Å². The van der Waals surface area contributed by atoms with Crippen LogP contribution in [0.1, 0.15) is 38.8 Å². The molecule has 0 unspecified atom stereocenters. The van der Waals surface area contributed by atoms with Gasteiger partial charge in [-0.1, -0.05) is 25.7 Å². The van der Waals surface area contributed by atoms with Crippen LogP contribution in [0, 0.1) is 18.8 Å². The normalized spacial score (nSPS) is 10.3. The van der Waals surface area contributed by atoms with Crippen LogP contribution in [0.25, 0.3) is 10.1 Å². The van der Waals surface area contributed by atoms with E-state index in [0.29, 0.717) is 0 Å². The van der Waals surface area contributed by atoms with E-state index < -0.39 is 5.60 Å². The summed E-state index contributed by atoms with van der Waals surface area (Å²) in [5.74, 6) is 5.87. The summed E-state index contributed by atoms with van der Waals surface area (Å²) in [7, 11) is 0. The monoisotopic (exact) mass is 261 g/mol. The maximum atomic E-state index is 9.58. The Balaban J connectivity index is 0.000000771. The lowest BCUT2D eigenvalue weighted by molar-refractivity contribution is 0.143. The van der Waals surface area contributed by atoms with Crippen molar-refractivity contribution in [2.45, 2.75) is 40.2 Å². The quantitative estimate of drug-likeness (QED) is 0.733. The Hall–Kier alpha value is -1.37. The minimum absolute atomic E-state index is 0.949. The van der Waals surface area contributed by atoms with Gasteiger partial charge in [0.1, 0.15) is 5.60 Å². The zero-order chi connectivity index (χ0) is 13.8. The predicted molar refractivity (Wildman–Crippen MR) is 78.9 cm³/mol. The number of pyridine rings is 1. The van der Waals surface area contributed by atoms with Gasteiger partial charge >= 0.3 is 0 Å². The fourth-order valence-electron chi connectivity index (χ4n) is 1.47. The van der Waals surface area contributed by atoms with E-state index in [-0.39, 0.29) is 0 Å². The molecule has 1 N–H and O–H groups in total. The van der Waals surface area contributed by atoms with Gasteiger partial charge < -0.3 is 5.11 Å². The molecule has 0 aromatic carbocycles. The molecule has 2 nitrogen and oxygen atoms in total. The second-order valence-corrected chi connectivity index (χ2v) is 5.20. The summed E-state index contributed by atoms with van der Waals surface area (Å²) in [6, 6.07) is 0. The summed E-state index contributed by atoms with van der Waals surface area (Å²) in [6.45, 7) is 9.39. The van der Waals surface area contributed by atoms with Crippen LogP contribution in [0.2, 0.25) is 0 Å². The van der Waals surface area contributed by atoms with Crippen molar-refractivity contribution in [2.24, 2.45) is 0 Å². The number of hydrogen-bond donors (Lipinski definition) is 1. The third-order valence-corrected chi connectivity index (χ3v) is 3.09. The average Bonchev–Trinajstić information content (AvgIpc) is 2.73. The van der Waals surface area contributed by atoms with Crippen molar-refractivity contribution in [3.8, 4) is 11.8 Å². The molecule has 0 radical (unpaired) electrons. The molecule has 2 rings (SSSR count). The number of aryl methyl sites for hydroxylation is 1. The summed E-state index contributed by atoms with van der Waals surface area (Å²) in [5, 5.41) is 12.7. The molecular formula is C15H19NOS. The molecule has 2 aromatic rings. The number of aromatic nitrogens is 1. The van der Waals surface area contributed by atoms with Gasteiger partial charge in [-0.15, -0.1) is 11.3 Å². The highest BCUT2D eigenvalue weighted by molar-refractivity contribution is 7.17. The van der Waals surface area contributed by atoms with Gasteiger partial charge in [-0.3, -0.25) is 4.98 Å². The zero-order valence-corrected chi connectivity index (χ0v) is 12.4. The Morgan fingerprint density at radius 1 is 1.28 bits per heavy atom. The first kappa shape index (κ1) is 14.7. The average molecular weight is 261 g/mol. The molecule has 0 bridgehead atoms. The number of nitrogens with zero attached hydrogens (tertiary/aromatic N) is 1. The molecule has 0 aliphatic rings. The van der Waals surface area contributed by atoms with Gasteiger partial charge in [0.2, 0.25) is 0 Å². The van der Waals surface area contributed by atoms with Crippen LogP contribution < -0.4 is 0 Å². The van der Waals surface area contributed by atoms with E-state index in [1.165, 1.54) is 0 Å². The molecular weight excluding hydrogens is 242 g/mol. The molecule has 2 aromatic heterocycles. The molecule has 0 aliphatic carbocycles. The van der Waals surface area contributed by atoms with Crippen molar-refractivity contribution >= 4 is 21.4 Å². The van der Waals surface area contributed by atoms with Crippen molar-refractivity contribution in [1.29, 1.82) is 0 Å². The highest BCUT2D eigenvalue weighted by Crippen LogP contribution is 2.27. The molecule has 18 heavy (non-hydrogen) atoms. The first-order valence-electron chi connectivity index (χ1n) is 6.05. The lowest BCUT2D eigenvalue weighted by atomic mass is 10.1. The Kier molecular flexibility index (Phi) is 4.89. The van der Waals surface area contributed by atoms with Crippen LogP contribution in [0.15, 0.2) is 17.8 Å². The second-order valence-electron chi connectivity index (χ2n) is 4.29. The van der Waals surface area contributed by atoms with Gasteiger partial charge in [0.05, 0.1) is 4.70 Å². The molecule has 0 fully saturated rings. The highest BCUT2D eigenvalue weighted by atomic mass is 32.1. The van der Waals surface area contributed by atoms with E-state index in [1.807, 2.05) is 38.5 Å². The van der Waals surface area contributed by atoms with Gasteiger partial charge in [0.25, 0.3) is 0 Å². The van der Waals surface area contributed by atoms with Gasteiger partial charge in [0, 0.05) is 28.7 Å². The highest BCUT2D eigenvalue weighted by Gasteiger charge is 2.08. The van der Waals surface area contributed by atoms with Crippen molar-refractivity contribution in [1.82, 2.24) is 4.98 Å². The van der Waals surface area contributed by atoms with Crippen LogP contribution in [-0.4, -0.2) is 15.7 Å². The zero-order valence-electron chi connectivity index (χ0n) is 11.5. The molecule has 0 spiro atoms. The summed E-state index contributed by atoms with van der Waals surface area (Å²) >= 11 is 1.63. The summed E-state index contributed by atoms with van der Waals surface area (Å²) in [6.07, 6.45) is 3.69. The third-order valence-electron chi connectivity index (χ3n) is 2.18. The largest absolute Gasteiger partial charge is 0.378 e. The number of hydrogen-bond acceptors (Lipinski definition) is 3. The van der Waals surface area contributed by atoms with E-state index in [9.17, 15) is 5.11 Å². The van der Waals surface area contributed by atoms with E-state index in [2.05, 4.69) is 16.8 Å². The third kappa shape index (κ3) is 3.56. The fraction of sp³-hybridized carbons (Fsp3) is 0.400. The predicted octanol–water partition coefficient (Wildman–Crippen LogP) is 3.75. The minimum atomic E-state index is -0.949. The molecule has 0 atom stereocenters. The molecule has 2 heterocycles. The van der Waals surface area contributed by atoms with Crippen molar-refractivity contribution in [3.63, 3.8) is 0 Å². The summed E-state index contributed by atoms with van der Waals surface area (Å²) in [4.78, 5) is 4.15. The van der Waals surface area contributed by atoms with Crippen LogP contribution in [0.4, 0.5) is 0 Å². The number of aliphatic hydroxyl groups is 1. The Bertz CT molecular complexity index is 582. The number of rotatable bonds is 0. The number of fused-ring (bicyclic) bond motifs is 1. The Morgan fingerprint density at radius 3 is 2.56 bits per heavy atom. The lowest BCUT2D eigenvalue weighted by Crippen LogP contribution is -2.14. The maximum Gasteiger partial charge on any atom is 0.120 e. The smallest absolute Gasteiger partial charge is 0.120 e. The van der Waals surface area contributed by atoms with Gasteiger partial charge in [-0.25, -0.2) is 0 Å². The Labute approximate surface area is 113 Å². The molecule has 0 aliphatic heterocycles. The van der Waals surface area contributed by atoms with Crippen LogP contribution >= 0.6 is 11.3 Å². The fourth-order valence-corrected chi connectivity index (χ4v) is 2.40. The van der Waals surface area contributed by atoms with Gasteiger partial charge in [-0.2, -0.15) is 0 Å². The van der Waals surface area contributed by atoms with Crippen molar-refractivity contribution in [2.75, 3.05) is 0 Å². The van der Waals surface area contributed by atoms with Gasteiger partial charge in [0.15, 0.2) is 0 Å². The van der Waals surface area contributed by atoms with Crippen LogP contribution in [0.3, 0.4) is 0 Å². The van der Waals surface area contributed by atoms with E-state index in [4.69, 9.17) is 0 Å². The van der Waals surface area contributed by atoms with E-state index >= 15 is 0 Å². The van der Waals surface area contributed by atoms with E-state index in [1.54, 1.807) is 25.2 Å². The maximum absolute atomic E-state index is 9.58. The standard InChI is InChI=1S/C13H13NOS.C2H6/c1-9-6-14-7-11-12(9)10(8-16-11)4-5-13(2,3)15;1-2/h6-8,15H,1-3H3;1-2H3. The summed E-state index contributed by atoms with van der Waals surface area (Å²) in [5.41, 5.74) is 1.15. The molecule has 0 amide bonds. The molecule has 0 saturated carbocycles. The summed E-state index contributed by atoms with van der Waals surface area (Å²) < 4.78 is 1.14.